The normalized spacial score (nSPS) is 11.8. The highest BCUT2D eigenvalue weighted by Crippen LogP contribution is 2.42. The van der Waals surface area contributed by atoms with Crippen molar-refractivity contribution in [2.45, 2.75) is 0 Å². The lowest BCUT2D eigenvalue weighted by molar-refractivity contribution is 1.17. The van der Waals surface area contributed by atoms with Crippen molar-refractivity contribution >= 4 is 54.1 Å². The monoisotopic (exact) mass is 534 g/mol. The molecule has 0 fully saturated rings. The van der Waals surface area contributed by atoms with E-state index in [1.807, 2.05) is 24.3 Å². The van der Waals surface area contributed by atoms with E-state index in [-0.39, 0.29) is 0 Å². The van der Waals surface area contributed by atoms with Crippen LogP contribution >= 0.6 is 0 Å². The van der Waals surface area contributed by atoms with Crippen molar-refractivity contribution in [2.24, 2.45) is 0 Å². The quantitative estimate of drug-likeness (QED) is 0.212. The van der Waals surface area contributed by atoms with Crippen LogP contribution in [0.15, 0.2) is 134 Å². The molecule has 42 heavy (non-hydrogen) atoms. The molecule has 0 atom stereocenters. The molecule has 194 valence electrons. The van der Waals surface area contributed by atoms with Gasteiger partial charge >= 0.3 is 0 Å². The van der Waals surface area contributed by atoms with Gasteiger partial charge in [-0.1, -0.05) is 103 Å². The summed E-state index contributed by atoms with van der Waals surface area (Å²) in [5.41, 5.74) is 7.97. The fraction of sp³-hybridized carbons (Fsp3) is 0. The first kappa shape index (κ1) is 23.0. The molecule has 3 heterocycles. The van der Waals surface area contributed by atoms with E-state index in [1.54, 1.807) is 12.5 Å². The first-order chi connectivity index (χ1) is 20.8. The third kappa shape index (κ3) is 3.42. The molecular formula is C38H22N4. The van der Waals surface area contributed by atoms with E-state index in [1.165, 1.54) is 32.3 Å². The molecule has 0 spiro atoms. The predicted octanol–water partition coefficient (Wildman–Crippen LogP) is 9.47. The van der Waals surface area contributed by atoms with Crippen LogP contribution in [0.2, 0.25) is 0 Å². The Labute approximate surface area is 241 Å². The van der Waals surface area contributed by atoms with E-state index in [0.717, 1.165) is 55.6 Å². The average molecular weight is 535 g/mol. The van der Waals surface area contributed by atoms with Crippen molar-refractivity contribution in [3.05, 3.63) is 134 Å². The topological polar surface area (TPSA) is 51.6 Å². The van der Waals surface area contributed by atoms with Gasteiger partial charge in [0.25, 0.3) is 0 Å². The Morgan fingerprint density at radius 1 is 0.405 bits per heavy atom. The minimum atomic E-state index is 0.916. The van der Waals surface area contributed by atoms with Gasteiger partial charge in [0.1, 0.15) is 6.33 Å². The molecule has 4 nitrogen and oxygen atoms in total. The lowest BCUT2D eigenvalue weighted by Gasteiger charge is -2.16. The summed E-state index contributed by atoms with van der Waals surface area (Å²) in [6.07, 6.45) is 3.41. The third-order valence-electron chi connectivity index (χ3n) is 8.39. The number of pyridine rings is 2. The average Bonchev–Trinajstić information content (AvgIpc) is 3.07. The second-order valence-corrected chi connectivity index (χ2v) is 10.7. The summed E-state index contributed by atoms with van der Waals surface area (Å²) >= 11 is 0. The molecule has 9 rings (SSSR count). The molecule has 0 saturated carbocycles. The molecule has 0 aliphatic carbocycles. The molecule has 0 N–H and O–H groups in total. The van der Waals surface area contributed by atoms with Crippen LogP contribution in [0.25, 0.3) is 87.9 Å². The maximum absolute atomic E-state index is 5.28. The van der Waals surface area contributed by atoms with Gasteiger partial charge in [-0.2, -0.15) is 0 Å². The highest BCUT2D eigenvalue weighted by Gasteiger charge is 2.16. The molecule has 0 saturated heterocycles. The molecule has 3 aromatic heterocycles. The summed E-state index contributed by atoms with van der Waals surface area (Å²) in [7, 11) is 0. The van der Waals surface area contributed by atoms with Crippen LogP contribution in [-0.2, 0) is 0 Å². The van der Waals surface area contributed by atoms with Crippen molar-refractivity contribution in [3.8, 4) is 33.8 Å². The molecular weight excluding hydrogens is 512 g/mol. The molecule has 0 bridgehead atoms. The zero-order valence-electron chi connectivity index (χ0n) is 22.5. The number of rotatable bonds is 3. The second kappa shape index (κ2) is 8.88. The summed E-state index contributed by atoms with van der Waals surface area (Å²) in [6, 6.07) is 42.8. The van der Waals surface area contributed by atoms with Crippen molar-refractivity contribution in [1.82, 2.24) is 19.9 Å². The number of hydrogen-bond donors (Lipinski definition) is 0. The van der Waals surface area contributed by atoms with E-state index in [9.17, 15) is 0 Å². The Morgan fingerprint density at radius 3 is 1.60 bits per heavy atom. The maximum atomic E-state index is 5.28. The van der Waals surface area contributed by atoms with Crippen molar-refractivity contribution in [3.63, 3.8) is 0 Å². The zero-order valence-corrected chi connectivity index (χ0v) is 22.5. The maximum Gasteiger partial charge on any atom is 0.116 e. The Kier molecular flexibility index (Phi) is 4.87. The number of hydrogen-bond acceptors (Lipinski definition) is 4. The van der Waals surface area contributed by atoms with E-state index in [2.05, 4.69) is 107 Å². The van der Waals surface area contributed by atoms with Gasteiger partial charge in [-0.05, 0) is 50.5 Å². The third-order valence-corrected chi connectivity index (χ3v) is 8.39. The molecule has 0 radical (unpaired) electrons. The highest BCUT2D eigenvalue weighted by atomic mass is 14.8. The summed E-state index contributed by atoms with van der Waals surface area (Å²) in [5, 5.41) is 9.48. The first-order valence-corrected chi connectivity index (χ1v) is 14.1. The van der Waals surface area contributed by atoms with Crippen LogP contribution in [-0.4, -0.2) is 19.9 Å². The van der Waals surface area contributed by atoms with Crippen molar-refractivity contribution in [2.75, 3.05) is 0 Å². The molecule has 0 amide bonds. The highest BCUT2D eigenvalue weighted by molar-refractivity contribution is 6.27. The Hall–Kier alpha value is -5.74. The van der Waals surface area contributed by atoms with Crippen molar-refractivity contribution in [1.29, 1.82) is 0 Å². The van der Waals surface area contributed by atoms with E-state index in [0.29, 0.717) is 0 Å². The Bertz CT molecular complexity index is 2450. The number of nitrogens with zero attached hydrogens (tertiary/aromatic N) is 4. The van der Waals surface area contributed by atoms with Gasteiger partial charge in [-0.15, -0.1) is 0 Å². The molecule has 0 unspecified atom stereocenters. The van der Waals surface area contributed by atoms with Gasteiger partial charge in [0, 0.05) is 33.7 Å². The SMILES string of the molecule is c1ccc(-c2ccc3ccc4ccc(-c5ccc6ccc7c(-c8ccncn8)ccc8ccc5c6c87)nc4c3n2)cc1. The predicted molar refractivity (Wildman–Crippen MR) is 173 cm³/mol. The van der Waals surface area contributed by atoms with Crippen LogP contribution in [0.4, 0.5) is 0 Å². The smallest absolute Gasteiger partial charge is 0.116 e. The van der Waals surface area contributed by atoms with Gasteiger partial charge in [-0.3, -0.25) is 0 Å². The van der Waals surface area contributed by atoms with Gasteiger partial charge in [-0.25, -0.2) is 19.9 Å². The molecule has 4 heteroatoms. The largest absolute Gasteiger partial charge is 0.245 e. The molecule has 0 aliphatic rings. The lowest BCUT2D eigenvalue weighted by Crippen LogP contribution is -1.93. The minimum absolute atomic E-state index is 0.916. The zero-order chi connectivity index (χ0) is 27.6. The van der Waals surface area contributed by atoms with Gasteiger partial charge in [0.05, 0.1) is 28.1 Å². The minimum Gasteiger partial charge on any atom is -0.245 e. The van der Waals surface area contributed by atoms with Crippen LogP contribution in [0.1, 0.15) is 0 Å². The standard InChI is InChI=1S/C38H22N4/c1-2-4-23(5-3-1)32-18-12-26-6-7-27-13-19-34(42-38(27)37(26)41-32)29-15-9-25-10-16-30-28(33-20-21-39-22-40-33)14-8-24-11-17-31(29)36(25)35(24)30/h1-22H. The molecule has 0 aliphatic heterocycles. The van der Waals surface area contributed by atoms with Gasteiger partial charge < -0.3 is 0 Å². The number of fused-ring (bicyclic) bond motifs is 3. The van der Waals surface area contributed by atoms with E-state index < -0.39 is 0 Å². The number of aromatic nitrogens is 4. The van der Waals surface area contributed by atoms with E-state index in [4.69, 9.17) is 9.97 Å². The van der Waals surface area contributed by atoms with Crippen LogP contribution in [0.5, 0.6) is 0 Å². The van der Waals surface area contributed by atoms with Gasteiger partial charge in [0.2, 0.25) is 0 Å². The number of benzene rings is 6. The Balaban J connectivity index is 1.29. The second-order valence-electron chi connectivity index (χ2n) is 10.7. The lowest BCUT2D eigenvalue weighted by atomic mass is 9.88. The fourth-order valence-electron chi connectivity index (χ4n) is 6.39. The van der Waals surface area contributed by atoms with Crippen LogP contribution in [0, 0.1) is 0 Å². The summed E-state index contributed by atoms with van der Waals surface area (Å²) in [6.45, 7) is 0. The summed E-state index contributed by atoms with van der Waals surface area (Å²) in [5.74, 6) is 0. The summed E-state index contributed by atoms with van der Waals surface area (Å²) < 4.78 is 0. The molecule has 6 aromatic carbocycles. The molecule has 9 aromatic rings. The van der Waals surface area contributed by atoms with Crippen LogP contribution in [0.3, 0.4) is 0 Å². The Morgan fingerprint density at radius 2 is 0.952 bits per heavy atom. The summed E-state index contributed by atoms with van der Waals surface area (Å²) in [4.78, 5) is 19.0. The van der Waals surface area contributed by atoms with Gasteiger partial charge in [0.15, 0.2) is 0 Å². The van der Waals surface area contributed by atoms with Crippen LogP contribution < -0.4 is 0 Å². The van der Waals surface area contributed by atoms with Crippen molar-refractivity contribution < 1.29 is 0 Å². The first-order valence-electron chi connectivity index (χ1n) is 14.1. The van der Waals surface area contributed by atoms with E-state index >= 15 is 0 Å². The fourth-order valence-corrected chi connectivity index (χ4v) is 6.39.